The van der Waals surface area contributed by atoms with E-state index in [-0.39, 0.29) is 12.7 Å². The lowest BCUT2D eigenvalue weighted by atomic mass is 9.97. The highest BCUT2D eigenvalue weighted by Gasteiger charge is 2.13. The largest absolute Gasteiger partial charge is 0.454 e. The molecular formula is C21H25NO3. The molecule has 4 nitrogen and oxygen atoms in total. The van der Waals surface area contributed by atoms with Crippen LogP contribution in [-0.4, -0.2) is 19.2 Å². The third kappa shape index (κ3) is 4.99. The molecule has 1 aliphatic rings. The highest BCUT2D eigenvalue weighted by Crippen LogP contribution is 2.32. The number of nitrogens with one attached hydrogen (secondary N) is 1. The Morgan fingerprint density at radius 1 is 1.08 bits per heavy atom. The lowest BCUT2D eigenvalue weighted by Gasteiger charge is -2.12. The smallest absolute Gasteiger partial charge is 0.231 e. The highest BCUT2D eigenvalue weighted by atomic mass is 16.7. The standard InChI is InChI=1S/C21H25NO3/c1-15-3-5-17(6-4-15)11-16(2)12-21(23)22-10-9-18-7-8-19-20(13-18)25-14-24-19/h3-8,13,16H,9-12,14H2,1-2H3,(H,22,23). The van der Waals surface area contributed by atoms with Gasteiger partial charge in [0.05, 0.1) is 0 Å². The predicted molar refractivity (Wildman–Crippen MR) is 97.9 cm³/mol. The minimum Gasteiger partial charge on any atom is -0.454 e. The van der Waals surface area contributed by atoms with Crippen molar-refractivity contribution in [1.82, 2.24) is 5.32 Å². The van der Waals surface area contributed by atoms with Crippen LogP contribution in [0.25, 0.3) is 0 Å². The molecule has 1 aliphatic heterocycles. The van der Waals surface area contributed by atoms with Crippen molar-refractivity contribution < 1.29 is 14.3 Å². The van der Waals surface area contributed by atoms with E-state index in [9.17, 15) is 4.79 Å². The monoisotopic (exact) mass is 339 g/mol. The number of carbonyl (C=O) groups excluding carboxylic acids is 1. The fourth-order valence-electron chi connectivity index (χ4n) is 3.03. The van der Waals surface area contributed by atoms with E-state index < -0.39 is 0 Å². The Kier molecular flexibility index (Phi) is 5.59. The van der Waals surface area contributed by atoms with Gasteiger partial charge in [0, 0.05) is 13.0 Å². The molecule has 2 aromatic rings. The van der Waals surface area contributed by atoms with Crippen LogP contribution >= 0.6 is 0 Å². The maximum absolute atomic E-state index is 12.1. The molecule has 2 aromatic carbocycles. The lowest BCUT2D eigenvalue weighted by Crippen LogP contribution is -2.27. The van der Waals surface area contributed by atoms with Gasteiger partial charge in [-0.1, -0.05) is 42.8 Å². The first-order valence-electron chi connectivity index (χ1n) is 8.81. The number of aryl methyl sites for hydroxylation is 1. The molecule has 1 amide bonds. The Morgan fingerprint density at radius 2 is 1.80 bits per heavy atom. The Hall–Kier alpha value is -2.49. The number of rotatable bonds is 7. The van der Waals surface area contributed by atoms with Crippen molar-refractivity contribution in [3.05, 3.63) is 59.2 Å². The first-order valence-corrected chi connectivity index (χ1v) is 8.81. The second-order valence-corrected chi connectivity index (χ2v) is 6.79. The molecule has 132 valence electrons. The molecule has 0 aliphatic carbocycles. The van der Waals surface area contributed by atoms with Crippen LogP contribution in [0.3, 0.4) is 0 Å². The summed E-state index contributed by atoms with van der Waals surface area (Å²) < 4.78 is 10.7. The van der Waals surface area contributed by atoms with E-state index in [0.29, 0.717) is 18.9 Å². The zero-order valence-corrected chi connectivity index (χ0v) is 14.9. The summed E-state index contributed by atoms with van der Waals surface area (Å²) in [5.41, 5.74) is 3.68. The van der Waals surface area contributed by atoms with Gasteiger partial charge in [-0.2, -0.15) is 0 Å². The summed E-state index contributed by atoms with van der Waals surface area (Å²) in [4.78, 5) is 12.1. The zero-order chi connectivity index (χ0) is 17.6. The van der Waals surface area contributed by atoms with Crippen LogP contribution in [0.4, 0.5) is 0 Å². The van der Waals surface area contributed by atoms with Crippen molar-refractivity contribution in [2.75, 3.05) is 13.3 Å². The second kappa shape index (κ2) is 8.06. The van der Waals surface area contributed by atoms with Gasteiger partial charge < -0.3 is 14.8 Å². The molecule has 4 heteroatoms. The van der Waals surface area contributed by atoms with E-state index in [1.54, 1.807) is 0 Å². The molecule has 0 aromatic heterocycles. The molecule has 3 rings (SSSR count). The van der Waals surface area contributed by atoms with E-state index >= 15 is 0 Å². The average molecular weight is 339 g/mol. The van der Waals surface area contributed by atoms with Gasteiger partial charge in [0.25, 0.3) is 0 Å². The normalized spacial score (nSPS) is 13.5. The second-order valence-electron chi connectivity index (χ2n) is 6.79. The van der Waals surface area contributed by atoms with Crippen molar-refractivity contribution >= 4 is 5.91 Å². The van der Waals surface area contributed by atoms with Crippen molar-refractivity contribution in [3.8, 4) is 11.5 Å². The number of fused-ring (bicyclic) bond motifs is 1. The maximum atomic E-state index is 12.1. The predicted octanol–water partition coefficient (Wildman–Crippen LogP) is 3.65. The lowest BCUT2D eigenvalue weighted by molar-refractivity contribution is -0.121. The Bertz CT molecular complexity index is 724. The third-order valence-electron chi connectivity index (χ3n) is 4.41. The fraction of sp³-hybridized carbons (Fsp3) is 0.381. The summed E-state index contributed by atoms with van der Waals surface area (Å²) in [6.07, 6.45) is 2.26. The molecule has 0 saturated carbocycles. The Balaban J connectivity index is 1.39. The zero-order valence-electron chi connectivity index (χ0n) is 14.9. The first kappa shape index (κ1) is 17.3. The summed E-state index contributed by atoms with van der Waals surface area (Å²) >= 11 is 0. The highest BCUT2D eigenvalue weighted by molar-refractivity contribution is 5.76. The van der Waals surface area contributed by atoms with Crippen LogP contribution in [0.5, 0.6) is 11.5 Å². The van der Waals surface area contributed by atoms with Crippen LogP contribution < -0.4 is 14.8 Å². The van der Waals surface area contributed by atoms with Crippen molar-refractivity contribution in [3.63, 3.8) is 0 Å². The third-order valence-corrected chi connectivity index (χ3v) is 4.41. The van der Waals surface area contributed by atoms with Gasteiger partial charge in [0.2, 0.25) is 12.7 Å². The molecule has 1 unspecified atom stereocenters. The first-order chi connectivity index (χ1) is 12.1. The quantitative estimate of drug-likeness (QED) is 0.837. The SMILES string of the molecule is Cc1ccc(CC(C)CC(=O)NCCc2ccc3c(c2)OCO3)cc1. The molecule has 0 fully saturated rings. The van der Waals surface area contributed by atoms with E-state index in [2.05, 4.69) is 43.4 Å². The van der Waals surface area contributed by atoms with E-state index in [0.717, 1.165) is 29.9 Å². The molecule has 1 atom stereocenters. The number of amides is 1. The minimum absolute atomic E-state index is 0.111. The topological polar surface area (TPSA) is 47.6 Å². The minimum atomic E-state index is 0.111. The molecule has 0 bridgehead atoms. The number of benzene rings is 2. The van der Waals surface area contributed by atoms with Gasteiger partial charge in [-0.15, -0.1) is 0 Å². The van der Waals surface area contributed by atoms with Crippen LogP contribution in [0.2, 0.25) is 0 Å². The number of hydrogen-bond acceptors (Lipinski definition) is 3. The molecule has 0 spiro atoms. The maximum Gasteiger partial charge on any atom is 0.231 e. The summed E-state index contributed by atoms with van der Waals surface area (Å²) in [7, 11) is 0. The Labute approximate surface area is 149 Å². The molecule has 25 heavy (non-hydrogen) atoms. The summed E-state index contributed by atoms with van der Waals surface area (Å²) in [6.45, 7) is 5.13. The summed E-state index contributed by atoms with van der Waals surface area (Å²) in [5.74, 6) is 2.02. The van der Waals surface area contributed by atoms with Gasteiger partial charge in [-0.05, 0) is 48.9 Å². The van der Waals surface area contributed by atoms with Crippen LogP contribution in [-0.2, 0) is 17.6 Å². The van der Waals surface area contributed by atoms with E-state index in [1.165, 1.54) is 11.1 Å². The molecule has 0 saturated heterocycles. The van der Waals surface area contributed by atoms with Crippen LogP contribution in [0.1, 0.15) is 30.0 Å². The summed E-state index contributed by atoms with van der Waals surface area (Å²) in [5, 5.41) is 3.01. The number of hydrogen-bond donors (Lipinski definition) is 1. The van der Waals surface area contributed by atoms with Gasteiger partial charge in [-0.3, -0.25) is 4.79 Å². The van der Waals surface area contributed by atoms with Gasteiger partial charge in [0.15, 0.2) is 11.5 Å². The van der Waals surface area contributed by atoms with E-state index in [1.807, 2.05) is 18.2 Å². The van der Waals surface area contributed by atoms with Gasteiger partial charge in [-0.25, -0.2) is 0 Å². The molecule has 1 N–H and O–H groups in total. The van der Waals surface area contributed by atoms with Crippen molar-refractivity contribution in [1.29, 1.82) is 0 Å². The summed E-state index contributed by atoms with van der Waals surface area (Å²) in [6, 6.07) is 14.4. The molecule has 0 radical (unpaired) electrons. The van der Waals surface area contributed by atoms with Gasteiger partial charge >= 0.3 is 0 Å². The number of carbonyl (C=O) groups is 1. The Morgan fingerprint density at radius 3 is 2.60 bits per heavy atom. The van der Waals surface area contributed by atoms with Crippen molar-refractivity contribution in [2.45, 2.75) is 33.1 Å². The fourth-order valence-corrected chi connectivity index (χ4v) is 3.03. The molecule has 1 heterocycles. The van der Waals surface area contributed by atoms with Crippen LogP contribution in [0.15, 0.2) is 42.5 Å². The van der Waals surface area contributed by atoms with E-state index in [4.69, 9.17) is 9.47 Å². The average Bonchev–Trinajstić information content (AvgIpc) is 3.04. The van der Waals surface area contributed by atoms with Crippen molar-refractivity contribution in [2.24, 2.45) is 5.92 Å². The van der Waals surface area contributed by atoms with Crippen LogP contribution in [0, 0.1) is 12.8 Å². The molecular weight excluding hydrogens is 314 g/mol. The van der Waals surface area contributed by atoms with Gasteiger partial charge in [0.1, 0.15) is 0 Å². The number of ether oxygens (including phenoxy) is 2.